The molecule has 8 nitrogen and oxygen atoms in total. The van der Waals surface area contributed by atoms with E-state index in [0.29, 0.717) is 71.0 Å². The number of rotatable bonds is 4. The number of carbonyl (C=O) groups excluding carboxylic acids is 1. The number of morpholine rings is 1. The maximum absolute atomic E-state index is 13.1. The molecule has 0 atom stereocenters. The topological polar surface area (TPSA) is 89.7 Å². The van der Waals surface area contributed by atoms with Gasteiger partial charge in [0, 0.05) is 18.8 Å². The molecule has 1 N–H and O–H groups in total. The van der Waals surface area contributed by atoms with Gasteiger partial charge in [0.15, 0.2) is 0 Å². The number of nitrogens with one attached hydrogen (secondary N) is 1. The van der Waals surface area contributed by atoms with Gasteiger partial charge in [-0.1, -0.05) is 11.6 Å². The number of benzene rings is 1. The zero-order valence-electron chi connectivity index (χ0n) is 15.5. The van der Waals surface area contributed by atoms with Crippen LogP contribution in [0.25, 0.3) is 11.1 Å². The van der Waals surface area contributed by atoms with Gasteiger partial charge < -0.3 is 24.1 Å². The van der Waals surface area contributed by atoms with Crippen molar-refractivity contribution >= 4 is 40.1 Å². The van der Waals surface area contributed by atoms with Gasteiger partial charge in [0.25, 0.3) is 5.91 Å². The Labute approximate surface area is 166 Å². The van der Waals surface area contributed by atoms with Crippen LogP contribution in [0.4, 0.5) is 11.5 Å². The van der Waals surface area contributed by atoms with Gasteiger partial charge in [0.1, 0.15) is 23.7 Å². The maximum Gasteiger partial charge on any atom is 0.260 e. The fourth-order valence-corrected chi connectivity index (χ4v) is 3.51. The van der Waals surface area contributed by atoms with Gasteiger partial charge in [-0.15, -0.1) is 0 Å². The molecular formula is C19H19ClN4O4. The summed E-state index contributed by atoms with van der Waals surface area (Å²) in [5.74, 6) is 1.36. The third-order valence-corrected chi connectivity index (χ3v) is 4.89. The van der Waals surface area contributed by atoms with E-state index in [1.807, 2.05) is 0 Å². The van der Waals surface area contributed by atoms with E-state index in [9.17, 15) is 4.79 Å². The highest BCUT2D eigenvalue weighted by Crippen LogP contribution is 2.33. The summed E-state index contributed by atoms with van der Waals surface area (Å²) in [6.45, 7) is 4.32. The van der Waals surface area contributed by atoms with Crippen LogP contribution in [-0.2, 0) is 4.74 Å². The molecule has 0 spiro atoms. The first-order valence-corrected chi connectivity index (χ1v) is 9.18. The molecule has 1 fully saturated rings. The molecule has 0 aliphatic carbocycles. The first kappa shape index (κ1) is 18.5. The van der Waals surface area contributed by atoms with Crippen molar-refractivity contribution in [2.45, 2.75) is 6.92 Å². The molecular weight excluding hydrogens is 384 g/mol. The zero-order chi connectivity index (χ0) is 19.7. The highest BCUT2D eigenvalue weighted by Gasteiger charge is 2.26. The Kier molecular flexibility index (Phi) is 5.06. The number of fused-ring (bicyclic) bond motifs is 1. The smallest absolute Gasteiger partial charge is 0.260 e. The molecule has 1 aromatic carbocycles. The molecule has 1 saturated heterocycles. The zero-order valence-corrected chi connectivity index (χ0v) is 16.2. The molecule has 2 aromatic heterocycles. The summed E-state index contributed by atoms with van der Waals surface area (Å²) < 4.78 is 16.3. The lowest BCUT2D eigenvalue weighted by molar-refractivity contribution is 0.102. The van der Waals surface area contributed by atoms with Crippen LogP contribution < -0.4 is 15.0 Å². The molecule has 1 amide bonds. The number of nitrogens with zero attached hydrogens (tertiary/aromatic N) is 3. The minimum Gasteiger partial charge on any atom is -0.495 e. The molecule has 0 radical (unpaired) electrons. The number of hydrogen-bond acceptors (Lipinski definition) is 7. The Morgan fingerprint density at radius 1 is 1.29 bits per heavy atom. The average molecular weight is 403 g/mol. The molecule has 28 heavy (non-hydrogen) atoms. The van der Waals surface area contributed by atoms with Gasteiger partial charge in [0.2, 0.25) is 5.71 Å². The predicted molar refractivity (Wildman–Crippen MR) is 106 cm³/mol. The summed E-state index contributed by atoms with van der Waals surface area (Å²) in [6.07, 6.45) is 1.45. The van der Waals surface area contributed by atoms with Crippen LogP contribution in [-0.4, -0.2) is 49.3 Å². The van der Waals surface area contributed by atoms with Crippen molar-refractivity contribution in [1.29, 1.82) is 0 Å². The fraction of sp³-hybridized carbons (Fsp3) is 0.316. The Morgan fingerprint density at radius 3 is 2.79 bits per heavy atom. The number of anilines is 2. The minimum atomic E-state index is -0.318. The number of aryl methyl sites for hydroxylation is 1. The van der Waals surface area contributed by atoms with E-state index in [4.69, 9.17) is 25.5 Å². The van der Waals surface area contributed by atoms with Gasteiger partial charge in [-0.2, -0.15) is 0 Å². The number of furan rings is 1. The lowest BCUT2D eigenvalue weighted by Gasteiger charge is -2.28. The van der Waals surface area contributed by atoms with E-state index in [1.54, 1.807) is 25.1 Å². The van der Waals surface area contributed by atoms with Gasteiger partial charge in [0.05, 0.1) is 36.3 Å². The molecule has 4 rings (SSSR count). The number of carbonyl (C=O) groups is 1. The quantitative estimate of drug-likeness (QED) is 0.716. The van der Waals surface area contributed by atoms with Gasteiger partial charge >= 0.3 is 0 Å². The third-order valence-electron chi connectivity index (χ3n) is 4.59. The number of methoxy groups -OCH3 is 1. The molecule has 1 aliphatic heterocycles. The second-order valence-electron chi connectivity index (χ2n) is 6.31. The summed E-state index contributed by atoms with van der Waals surface area (Å²) in [5.41, 5.74) is 1.34. The second-order valence-corrected chi connectivity index (χ2v) is 6.72. The van der Waals surface area contributed by atoms with Crippen molar-refractivity contribution in [3.05, 3.63) is 40.9 Å². The molecule has 3 heterocycles. The summed E-state index contributed by atoms with van der Waals surface area (Å²) in [5, 5.41) is 3.87. The minimum absolute atomic E-state index is 0.318. The van der Waals surface area contributed by atoms with Crippen molar-refractivity contribution < 1.29 is 18.7 Å². The molecule has 3 aromatic rings. The third kappa shape index (κ3) is 3.36. The van der Waals surface area contributed by atoms with Crippen LogP contribution in [0.2, 0.25) is 5.02 Å². The van der Waals surface area contributed by atoms with E-state index in [0.717, 1.165) is 0 Å². The van der Waals surface area contributed by atoms with Crippen molar-refractivity contribution in [1.82, 2.24) is 9.97 Å². The Morgan fingerprint density at radius 2 is 2.07 bits per heavy atom. The van der Waals surface area contributed by atoms with Crippen LogP contribution in [0.15, 0.2) is 28.9 Å². The van der Waals surface area contributed by atoms with Crippen LogP contribution in [0.1, 0.15) is 16.1 Å². The number of halogens is 1. The van der Waals surface area contributed by atoms with Crippen LogP contribution >= 0.6 is 11.6 Å². The van der Waals surface area contributed by atoms with Crippen molar-refractivity contribution in [2.24, 2.45) is 0 Å². The molecule has 9 heteroatoms. The van der Waals surface area contributed by atoms with Crippen LogP contribution in [0, 0.1) is 6.92 Å². The lowest BCUT2D eigenvalue weighted by Crippen LogP contribution is -2.37. The molecule has 1 aliphatic rings. The summed E-state index contributed by atoms with van der Waals surface area (Å²) in [6, 6.07) is 5.05. The largest absolute Gasteiger partial charge is 0.495 e. The van der Waals surface area contributed by atoms with E-state index < -0.39 is 0 Å². The van der Waals surface area contributed by atoms with Gasteiger partial charge in [-0.3, -0.25) is 4.79 Å². The number of hydrogen-bond donors (Lipinski definition) is 1. The Balaban J connectivity index is 1.72. The van der Waals surface area contributed by atoms with Crippen molar-refractivity contribution in [3.8, 4) is 5.75 Å². The monoisotopic (exact) mass is 402 g/mol. The van der Waals surface area contributed by atoms with Crippen molar-refractivity contribution in [2.75, 3.05) is 43.6 Å². The first-order chi connectivity index (χ1) is 13.6. The molecule has 0 unspecified atom stereocenters. The van der Waals surface area contributed by atoms with Gasteiger partial charge in [-0.05, 0) is 25.1 Å². The van der Waals surface area contributed by atoms with Crippen molar-refractivity contribution in [3.63, 3.8) is 0 Å². The SMILES string of the molecule is COc1ccc(NC(=O)c2c(C)oc3ncnc(N4CCOCC4)c23)cc1Cl. The second kappa shape index (κ2) is 7.65. The number of amides is 1. The predicted octanol–water partition coefficient (Wildman–Crippen LogP) is 3.28. The number of aromatic nitrogens is 2. The highest BCUT2D eigenvalue weighted by molar-refractivity contribution is 6.32. The van der Waals surface area contributed by atoms with Crippen LogP contribution in [0.3, 0.4) is 0 Å². The summed E-state index contributed by atoms with van der Waals surface area (Å²) in [4.78, 5) is 23.7. The molecule has 0 bridgehead atoms. The fourth-order valence-electron chi connectivity index (χ4n) is 3.25. The Bertz CT molecular complexity index is 1030. The standard InChI is InChI=1S/C19H19ClN4O4/c1-11-15(18(25)23-12-3-4-14(26-2)13(20)9-12)16-17(21-10-22-19(16)28-11)24-5-7-27-8-6-24/h3-4,9-10H,5-8H2,1-2H3,(H,23,25). The molecule has 146 valence electrons. The number of ether oxygens (including phenoxy) is 2. The normalized spacial score (nSPS) is 14.3. The molecule has 0 saturated carbocycles. The first-order valence-electron chi connectivity index (χ1n) is 8.80. The summed E-state index contributed by atoms with van der Waals surface area (Å²) in [7, 11) is 1.54. The maximum atomic E-state index is 13.1. The Hall–Kier alpha value is -2.84. The van der Waals surface area contributed by atoms with Crippen LogP contribution in [0.5, 0.6) is 5.75 Å². The van der Waals surface area contributed by atoms with E-state index in [1.165, 1.54) is 13.4 Å². The van der Waals surface area contributed by atoms with Gasteiger partial charge in [-0.25, -0.2) is 9.97 Å². The van der Waals surface area contributed by atoms with E-state index in [2.05, 4.69) is 20.2 Å². The van der Waals surface area contributed by atoms with E-state index >= 15 is 0 Å². The lowest BCUT2D eigenvalue weighted by atomic mass is 10.1. The average Bonchev–Trinajstić information content (AvgIpc) is 3.04. The van der Waals surface area contributed by atoms with E-state index in [-0.39, 0.29) is 5.91 Å². The highest BCUT2D eigenvalue weighted by atomic mass is 35.5. The summed E-state index contributed by atoms with van der Waals surface area (Å²) >= 11 is 6.16.